The predicted octanol–water partition coefficient (Wildman–Crippen LogP) is 3.12. The first kappa shape index (κ1) is 13.0. The quantitative estimate of drug-likeness (QED) is 0.643. The molecule has 0 saturated heterocycles. The molecule has 0 unspecified atom stereocenters. The van der Waals surface area contributed by atoms with Crippen LogP contribution in [0.25, 0.3) is 0 Å². The first-order chi connectivity index (χ1) is 8.58. The van der Waals surface area contributed by atoms with E-state index in [9.17, 15) is 10.1 Å². The lowest BCUT2D eigenvalue weighted by atomic mass is 9.73. The lowest BCUT2D eigenvalue weighted by Crippen LogP contribution is -2.42. The van der Waals surface area contributed by atoms with Crippen LogP contribution in [0.5, 0.6) is 0 Å². The van der Waals surface area contributed by atoms with Crippen LogP contribution >= 0.6 is 0 Å². The van der Waals surface area contributed by atoms with E-state index in [-0.39, 0.29) is 10.6 Å². The van der Waals surface area contributed by atoms with Crippen LogP contribution in [-0.4, -0.2) is 11.0 Å². The molecular weight excluding hydrogens is 228 g/mol. The van der Waals surface area contributed by atoms with E-state index < -0.39 is 0 Å². The highest BCUT2D eigenvalue weighted by Gasteiger charge is 2.30. The zero-order valence-electron chi connectivity index (χ0n) is 10.9. The monoisotopic (exact) mass is 248 g/mol. The Kier molecular flexibility index (Phi) is 3.97. The first-order valence-electron chi connectivity index (χ1n) is 6.53. The van der Waals surface area contributed by atoms with Crippen molar-refractivity contribution in [2.75, 3.05) is 0 Å². The number of hydrogen-bond donors (Lipinski definition) is 1. The summed E-state index contributed by atoms with van der Waals surface area (Å²) in [5.74, 6) is 1.56. The Morgan fingerprint density at radius 1 is 1.39 bits per heavy atom. The Balaban J connectivity index is 1.86. The molecule has 4 heteroatoms. The van der Waals surface area contributed by atoms with Crippen LogP contribution in [0.2, 0.25) is 0 Å². The number of nitro benzene ring substituents is 1. The molecular formula is C14H20N2O2. The fraction of sp³-hybridized carbons (Fsp3) is 0.571. The van der Waals surface area contributed by atoms with E-state index in [1.807, 2.05) is 12.1 Å². The van der Waals surface area contributed by atoms with E-state index in [2.05, 4.69) is 19.2 Å². The lowest BCUT2D eigenvalue weighted by Gasteiger charge is -2.38. The minimum Gasteiger partial charge on any atom is -0.310 e. The largest absolute Gasteiger partial charge is 0.310 e. The van der Waals surface area contributed by atoms with Gasteiger partial charge in [0.05, 0.1) is 4.92 Å². The molecule has 1 aromatic carbocycles. The average molecular weight is 248 g/mol. The topological polar surface area (TPSA) is 55.2 Å². The van der Waals surface area contributed by atoms with Crippen molar-refractivity contribution < 1.29 is 4.92 Å². The van der Waals surface area contributed by atoms with Gasteiger partial charge in [0.15, 0.2) is 0 Å². The molecule has 1 aliphatic rings. The summed E-state index contributed by atoms with van der Waals surface area (Å²) in [4.78, 5) is 10.6. The molecule has 98 valence electrons. The zero-order chi connectivity index (χ0) is 13.1. The molecule has 1 saturated carbocycles. The first-order valence-corrected chi connectivity index (χ1v) is 6.53. The highest BCUT2D eigenvalue weighted by Crippen LogP contribution is 2.33. The number of para-hydroxylation sites is 1. The van der Waals surface area contributed by atoms with Gasteiger partial charge in [0.2, 0.25) is 0 Å². The Morgan fingerprint density at radius 3 is 2.67 bits per heavy atom. The summed E-state index contributed by atoms with van der Waals surface area (Å²) >= 11 is 0. The number of rotatable bonds is 5. The van der Waals surface area contributed by atoms with Gasteiger partial charge in [0.1, 0.15) is 0 Å². The van der Waals surface area contributed by atoms with Gasteiger partial charge in [0, 0.05) is 24.2 Å². The molecule has 0 spiro atoms. The summed E-state index contributed by atoms with van der Waals surface area (Å²) in [5.41, 5.74) is 0.986. The number of benzene rings is 1. The van der Waals surface area contributed by atoms with Crippen molar-refractivity contribution in [2.45, 2.75) is 39.3 Å². The van der Waals surface area contributed by atoms with Crippen molar-refractivity contribution in [2.24, 2.45) is 11.8 Å². The molecule has 0 bridgehead atoms. The molecule has 0 radical (unpaired) electrons. The van der Waals surface area contributed by atoms with Crippen molar-refractivity contribution in [3.63, 3.8) is 0 Å². The third kappa shape index (κ3) is 2.88. The summed E-state index contributed by atoms with van der Waals surface area (Å²) in [7, 11) is 0. The van der Waals surface area contributed by atoms with Gasteiger partial charge in [-0.3, -0.25) is 10.1 Å². The fourth-order valence-corrected chi connectivity index (χ4v) is 2.47. The van der Waals surface area contributed by atoms with Gasteiger partial charge in [0.25, 0.3) is 5.69 Å². The normalized spacial score (nSPS) is 22.8. The van der Waals surface area contributed by atoms with Gasteiger partial charge in [-0.05, 0) is 24.7 Å². The Bertz CT molecular complexity index is 426. The number of nitrogens with one attached hydrogen (secondary N) is 1. The van der Waals surface area contributed by atoms with Crippen LogP contribution < -0.4 is 5.32 Å². The third-order valence-corrected chi connectivity index (χ3v) is 3.89. The van der Waals surface area contributed by atoms with Gasteiger partial charge in [-0.1, -0.05) is 32.0 Å². The second kappa shape index (κ2) is 5.48. The summed E-state index contributed by atoms with van der Waals surface area (Å²) in [6, 6.07) is 7.47. The van der Waals surface area contributed by atoms with E-state index in [4.69, 9.17) is 0 Å². The van der Waals surface area contributed by atoms with Crippen molar-refractivity contribution >= 4 is 5.69 Å². The standard InChI is InChI=1S/C14H20N2O2/c1-10(2)12-7-13(8-12)15-9-11-5-3-4-6-14(11)16(17)18/h3-6,10,12-13,15H,7-9H2,1-2H3. The summed E-state index contributed by atoms with van der Waals surface area (Å²) in [5, 5.41) is 14.3. The average Bonchev–Trinajstić information content (AvgIpc) is 2.26. The predicted molar refractivity (Wildman–Crippen MR) is 71.3 cm³/mol. The van der Waals surface area contributed by atoms with E-state index in [1.165, 1.54) is 12.8 Å². The maximum atomic E-state index is 10.9. The van der Waals surface area contributed by atoms with Crippen LogP contribution in [0.1, 0.15) is 32.3 Å². The lowest BCUT2D eigenvalue weighted by molar-refractivity contribution is -0.385. The molecule has 0 heterocycles. The minimum atomic E-state index is -0.311. The molecule has 1 N–H and O–H groups in total. The molecule has 0 aromatic heterocycles. The molecule has 18 heavy (non-hydrogen) atoms. The van der Waals surface area contributed by atoms with Crippen LogP contribution in [0.15, 0.2) is 24.3 Å². The highest BCUT2D eigenvalue weighted by molar-refractivity contribution is 5.39. The molecule has 1 fully saturated rings. The smallest absolute Gasteiger partial charge is 0.273 e. The summed E-state index contributed by atoms with van der Waals surface area (Å²) in [6.45, 7) is 5.10. The Hall–Kier alpha value is -1.42. The minimum absolute atomic E-state index is 0.213. The van der Waals surface area contributed by atoms with Crippen molar-refractivity contribution in [1.82, 2.24) is 5.32 Å². The molecule has 0 atom stereocenters. The summed E-state index contributed by atoms with van der Waals surface area (Å²) in [6.07, 6.45) is 2.39. The van der Waals surface area contributed by atoms with Crippen molar-refractivity contribution in [3.8, 4) is 0 Å². The van der Waals surface area contributed by atoms with Gasteiger partial charge in [-0.25, -0.2) is 0 Å². The fourth-order valence-electron chi connectivity index (χ4n) is 2.47. The van der Waals surface area contributed by atoms with Crippen LogP contribution in [0.3, 0.4) is 0 Å². The molecule has 0 aliphatic heterocycles. The zero-order valence-corrected chi connectivity index (χ0v) is 10.9. The van der Waals surface area contributed by atoms with E-state index >= 15 is 0 Å². The van der Waals surface area contributed by atoms with Crippen molar-refractivity contribution in [1.29, 1.82) is 0 Å². The van der Waals surface area contributed by atoms with Gasteiger partial charge < -0.3 is 5.32 Å². The van der Waals surface area contributed by atoms with E-state index in [0.29, 0.717) is 12.6 Å². The third-order valence-electron chi connectivity index (χ3n) is 3.89. The van der Waals surface area contributed by atoms with Gasteiger partial charge in [-0.2, -0.15) is 0 Å². The maximum Gasteiger partial charge on any atom is 0.273 e. The number of nitrogens with zero attached hydrogens (tertiary/aromatic N) is 1. The van der Waals surface area contributed by atoms with E-state index in [0.717, 1.165) is 17.4 Å². The Labute approximate surface area is 108 Å². The maximum absolute atomic E-state index is 10.9. The summed E-state index contributed by atoms with van der Waals surface area (Å²) < 4.78 is 0. The molecule has 4 nitrogen and oxygen atoms in total. The number of hydrogen-bond acceptors (Lipinski definition) is 3. The van der Waals surface area contributed by atoms with E-state index in [1.54, 1.807) is 12.1 Å². The molecule has 1 aromatic rings. The molecule has 1 aliphatic carbocycles. The van der Waals surface area contributed by atoms with Crippen molar-refractivity contribution in [3.05, 3.63) is 39.9 Å². The SMILES string of the molecule is CC(C)C1CC(NCc2ccccc2[N+](=O)[O-])C1. The molecule has 2 rings (SSSR count). The molecule has 0 amide bonds. The van der Waals surface area contributed by atoms with Gasteiger partial charge in [-0.15, -0.1) is 0 Å². The highest BCUT2D eigenvalue weighted by atomic mass is 16.6. The van der Waals surface area contributed by atoms with Crippen LogP contribution in [-0.2, 0) is 6.54 Å². The van der Waals surface area contributed by atoms with Gasteiger partial charge >= 0.3 is 0 Å². The Morgan fingerprint density at radius 2 is 2.06 bits per heavy atom. The number of nitro groups is 1. The second-order valence-electron chi connectivity index (χ2n) is 5.44. The van der Waals surface area contributed by atoms with Crippen LogP contribution in [0, 0.1) is 22.0 Å². The second-order valence-corrected chi connectivity index (χ2v) is 5.44. The van der Waals surface area contributed by atoms with Crippen LogP contribution in [0.4, 0.5) is 5.69 Å².